The van der Waals surface area contributed by atoms with E-state index in [0.717, 1.165) is 11.6 Å². The summed E-state index contributed by atoms with van der Waals surface area (Å²) in [5, 5.41) is 0.531. The Kier molecular flexibility index (Phi) is 5.06. The number of amides is 1. The number of piperidine rings is 1. The van der Waals surface area contributed by atoms with Gasteiger partial charge in [0.1, 0.15) is 5.60 Å². The van der Waals surface area contributed by atoms with Crippen molar-refractivity contribution in [3.05, 3.63) is 41.6 Å². The minimum Gasteiger partial charge on any atom is -0.444 e. The lowest BCUT2D eigenvalue weighted by atomic mass is 9.86. The topological polar surface area (TPSA) is 42.4 Å². The second kappa shape index (κ2) is 7.02. The van der Waals surface area contributed by atoms with E-state index in [0.29, 0.717) is 31.3 Å². The Bertz CT molecular complexity index is 835. The molecule has 0 atom stereocenters. The summed E-state index contributed by atoms with van der Waals surface area (Å²) in [6.45, 7) is 6.49. The van der Waals surface area contributed by atoms with E-state index in [1.54, 1.807) is 23.1 Å². The minimum absolute atomic E-state index is 0.0166. The van der Waals surface area contributed by atoms with E-state index < -0.39 is 17.3 Å². The van der Waals surface area contributed by atoms with Crippen molar-refractivity contribution in [1.29, 1.82) is 0 Å². The average molecular weight is 380 g/mol. The maximum absolute atomic E-state index is 13.3. The number of ether oxygens (including phenoxy) is 1. The van der Waals surface area contributed by atoms with Gasteiger partial charge in [0.15, 0.2) is 0 Å². The van der Waals surface area contributed by atoms with E-state index in [1.165, 1.54) is 6.20 Å². The summed E-state index contributed by atoms with van der Waals surface area (Å²) in [6.07, 6.45) is -2.05. The van der Waals surface area contributed by atoms with Gasteiger partial charge in [-0.15, -0.1) is 0 Å². The van der Waals surface area contributed by atoms with Crippen LogP contribution < -0.4 is 0 Å². The van der Waals surface area contributed by atoms with Gasteiger partial charge >= 0.3 is 12.3 Å². The highest BCUT2D eigenvalue weighted by molar-refractivity contribution is 5.86. The highest BCUT2D eigenvalue weighted by Crippen LogP contribution is 2.39. The predicted octanol–water partition coefficient (Wildman–Crippen LogP) is 5.37. The monoisotopic (exact) mass is 380 g/mol. The van der Waals surface area contributed by atoms with Crippen LogP contribution in [0.3, 0.4) is 0 Å². The van der Waals surface area contributed by atoms with Gasteiger partial charge in [-0.25, -0.2) is 4.79 Å². The molecular formula is C20H23F3N2O2. The third-order valence-electron chi connectivity index (χ3n) is 4.70. The molecule has 0 unspecified atom stereocenters. The summed E-state index contributed by atoms with van der Waals surface area (Å²) in [5.41, 5.74) is -0.427. The number of hydrogen-bond donors (Lipinski definition) is 0. The molecule has 1 aromatic heterocycles. The highest BCUT2D eigenvalue weighted by atomic mass is 19.4. The fourth-order valence-corrected chi connectivity index (χ4v) is 3.48. The number of fused-ring (bicyclic) bond motifs is 1. The molecule has 1 fully saturated rings. The molecule has 3 rings (SSSR count). The smallest absolute Gasteiger partial charge is 0.418 e. The van der Waals surface area contributed by atoms with E-state index in [1.807, 2.05) is 20.8 Å². The van der Waals surface area contributed by atoms with Crippen LogP contribution in [-0.4, -0.2) is 34.7 Å². The van der Waals surface area contributed by atoms with E-state index in [4.69, 9.17) is 4.74 Å². The molecule has 2 aromatic rings. The third-order valence-corrected chi connectivity index (χ3v) is 4.70. The molecule has 7 heteroatoms. The van der Waals surface area contributed by atoms with Crippen LogP contribution in [0.5, 0.6) is 0 Å². The minimum atomic E-state index is -4.44. The molecule has 1 aromatic carbocycles. The Hall–Kier alpha value is -2.31. The maximum Gasteiger partial charge on any atom is 0.418 e. The Morgan fingerprint density at radius 1 is 1.15 bits per heavy atom. The summed E-state index contributed by atoms with van der Waals surface area (Å²) in [6, 6.07) is 6.01. The average Bonchev–Trinajstić information content (AvgIpc) is 2.58. The van der Waals surface area contributed by atoms with Crippen molar-refractivity contribution >= 4 is 17.0 Å². The maximum atomic E-state index is 13.3. The van der Waals surface area contributed by atoms with Crippen molar-refractivity contribution in [3.63, 3.8) is 0 Å². The molecule has 0 aliphatic carbocycles. The highest BCUT2D eigenvalue weighted by Gasteiger charge is 2.35. The lowest BCUT2D eigenvalue weighted by Crippen LogP contribution is -2.41. The second-order valence-electron chi connectivity index (χ2n) is 7.84. The molecule has 0 spiro atoms. The van der Waals surface area contributed by atoms with Crippen molar-refractivity contribution in [1.82, 2.24) is 9.88 Å². The Balaban J connectivity index is 1.81. The molecule has 0 saturated carbocycles. The molecular weight excluding hydrogens is 357 g/mol. The van der Waals surface area contributed by atoms with Crippen LogP contribution in [-0.2, 0) is 10.9 Å². The number of likely N-dealkylation sites (tertiary alicyclic amines) is 1. The second-order valence-corrected chi connectivity index (χ2v) is 7.84. The number of halogens is 3. The van der Waals surface area contributed by atoms with Crippen molar-refractivity contribution in [2.75, 3.05) is 13.1 Å². The standard InChI is InChI=1S/C20H23F3N2O2/c1-19(2,3)27-18(26)25-11-8-13(9-12-25)14-6-7-16(20(21,22)23)17-15(14)5-4-10-24-17/h4-7,10,13H,8-9,11-12H2,1-3H3. The number of hydrogen-bond acceptors (Lipinski definition) is 3. The molecule has 1 aliphatic heterocycles. The van der Waals surface area contributed by atoms with E-state index >= 15 is 0 Å². The summed E-state index contributed by atoms with van der Waals surface area (Å²) in [4.78, 5) is 17.8. The number of rotatable bonds is 1. The first-order chi connectivity index (χ1) is 12.6. The van der Waals surface area contributed by atoms with Gasteiger partial charge in [-0.05, 0) is 57.2 Å². The quantitative estimate of drug-likeness (QED) is 0.668. The van der Waals surface area contributed by atoms with Crippen LogP contribution in [0.1, 0.15) is 50.7 Å². The van der Waals surface area contributed by atoms with Gasteiger partial charge in [0.05, 0.1) is 11.1 Å². The largest absolute Gasteiger partial charge is 0.444 e. The number of nitrogens with zero attached hydrogens (tertiary/aromatic N) is 2. The van der Waals surface area contributed by atoms with E-state index in [-0.39, 0.29) is 17.5 Å². The molecule has 146 valence electrons. The first-order valence-electron chi connectivity index (χ1n) is 8.99. The molecule has 1 saturated heterocycles. The van der Waals surface area contributed by atoms with E-state index in [2.05, 4.69) is 4.98 Å². The van der Waals surface area contributed by atoms with Gasteiger partial charge in [0.25, 0.3) is 0 Å². The number of pyridine rings is 1. The van der Waals surface area contributed by atoms with Gasteiger partial charge in [0, 0.05) is 24.7 Å². The SMILES string of the molecule is CC(C)(C)OC(=O)N1CCC(c2ccc(C(F)(F)F)c3ncccc23)CC1. The van der Waals surface area contributed by atoms with Crippen LogP contribution in [0, 0.1) is 0 Å². The number of benzene rings is 1. The van der Waals surface area contributed by atoms with Gasteiger partial charge in [0.2, 0.25) is 0 Å². The van der Waals surface area contributed by atoms with Gasteiger partial charge in [-0.2, -0.15) is 13.2 Å². The number of aromatic nitrogens is 1. The van der Waals surface area contributed by atoms with Crippen LogP contribution in [0.15, 0.2) is 30.5 Å². The number of carbonyl (C=O) groups is 1. The molecule has 1 aliphatic rings. The molecule has 0 radical (unpaired) electrons. The molecule has 0 N–H and O–H groups in total. The summed E-state index contributed by atoms with van der Waals surface area (Å²) < 4.78 is 45.2. The van der Waals surface area contributed by atoms with Gasteiger partial charge in [-0.1, -0.05) is 12.1 Å². The van der Waals surface area contributed by atoms with Crippen LogP contribution in [0.4, 0.5) is 18.0 Å². The van der Waals surface area contributed by atoms with Crippen molar-refractivity contribution in [2.24, 2.45) is 0 Å². The molecule has 1 amide bonds. The normalized spacial score (nSPS) is 16.6. The zero-order chi connectivity index (χ0) is 19.8. The Morgan fingerprint density at radius 2 is 1.81 bits per heavy atom. The zero-order valence-corrected chi connectivity index (χ0v) is 15.6. The van der Waals surface area contributed by atoms with Crippen LogP contribution in [0.2, 0.25) is 0 Å². The molecule has 4 nitrogen and oxygen atoms in total. The van der Waals surface area contributed by atoms with Crippen molar-refractivity contribution in [2.45, 2.75) is 51.3 Å². The molecule has 27 heavy (non-hydrogen) atoms. The zero-order valence-electron chi connectivity index (χ0n) is 15.6. The number of alkyl halides is 3. The van der Waals surface area contributed by atoms with Crippen LogP contribution in [0.25, 0.3) is 10.9 Å². The Morgan fingerprint density at radius 3 is 2.41 bits per heavy atom. The van der Waals surface area contributed by atoms with Crippen molar-refractivity contribution < 1.29 is 22.7 Å². The lowest BCUT2D eigenvalue weighted by Gasteiger charge is -2.34. The summed E-state index contributed by atoms with van der Waals surface area (Å²) in [7, 11) is 0. The predicted molar refractivity (Wildman–Crippen MR) is 96.5 cm³/mol. The van der Waals surface area contributed by atoms with Crippen molar-refractivity contribution in [3.8, 4) is 0 Å². The van der Waals surface area contributed by atoms with Crippen LogP contribution >= 0.6 is 0 Å². The molecule has 0 bridgehead atoms. The summed E-state index contributed by atoms with van der Waals surface area (Å²) in [5.74, 6) is 0.0812. The first-order valence-corrected chi connectivity index (χ1v) is 8.99. The molecule has 2 heterocycles. The fourth-order valence-electron chi connectivity index (χ4n) is 3.48. The third kappa shape index (κ3) is 4.34. The lowest BCUT2D eigenvalue weighted by molar-refractivity contribution is -0.136. The van der Waals surface area contributed by atoms with Gasteiger partial charge in [-0.3, -0.25) is 4.98 Å². The first kappa shape index (κ1) is 19.5. The van der Waals surface area contributed by atoms with E-state index in [9.17, 15) is 18.0 Å². The Labute approximate surface area is 156 Å². The van der Waals surface area contributed by atoms with Gasteiger partial charge < -0.3 is 9.64 Å². The fraction of sp³-hybridized carbons (Fsp3) is 0.500. The summed E-state index contributed by atoms with van der Waals surface area (Å²) >= 11 is 0. The number of carbonyl (C=O) groups excluding carboxylic acids is 1.